The Morgan fingerprint density at radius 1 is 1.29 bits per heavy atom. The number of carbonyl (C=O) groups excluding carboxylic acids is 2. The lowest BCUT2D eigenvalue weighted by molar-refractivity contribution is -0.145. The van der Waals surface area contributed by atoms with Gasteiger partial charge in [-0.3, -0.25) is 9.59 Å². The molecule has 0 spiro atoms. The van der Waals surface area contributed by atoms with Gasteiger partial charge in [0.05, 0.1) is 6.61 Å². The highest BCUT2D eigenvalue weighted by Crippen LogP contribution is 1.86. The van der Waals surface area contributed by atoms with Gasteiger partial charge in [0.1, 0.15) is 12.2 Å². The maximum absolute atomic E-state index is 10.4. The van der Waals surface area contributed by atoms with Crippen molar-refractivity contribution in [2.24, 2.45) is 0 Å². The Bertz CT molecular complexity index is 157. The molecule has 0 aromatic rings. The molecule has 0 aliphatic carbocycles. The van der Waals surface area contributed by atoms with Crippen molar-refractivity contribution in [1.29, 1.82) is 0 Å². The Hall–Kier alpha value is -0.368. The van der Waals surface area contributed by atoms with E-state index in [-0.39, 0.29) is 12.2 Å². The fourth-order valence-electron chi connectivity index (χ4n) is 0.619. The SMILES string of the molecule is CCC[O][AlH2].CCOC(=O)CC(C)=O. The summed E-state index contributed by atoms with van der Waals surface area (Å²) in [6, 6.07) is 0. The lowest BCUT2D eigenvalue weighted by atomic mass is 10.3. The Balaban J connectivity index is 0. The maximum atomic E-state index is 10.4. The molecule has 0 heterocycles. The summed E-state index contributed by atoms with van der Waals surface area (Å²) < 4.78 is 9.32. The molecule has 4 nitrogen and oxygen atoms in total. The van der Waals surface area contributed by atoms with Crippen LogP contribution in [0, 0.1) is 0 Å². The van der Waals surface area contributed by atoms with Crippen LogP contribution < -0.4 is 0 Å². The highest BCUT2D eigenvalue weighted by atomic mass is 27.1. The van der Waals surface area contributed by atoms with E-state index in [0.29, 0.717) is 6.61 Å². The molecular weight excluding hydrogens is 199 g/mol. The minimum atomic E-state index is -0.440. The Morgan fingerprint density at radius 3 is 2.07 bits per heavy atom. The maximum Gasteiger partial charge on any atom is 0.410 e. The summed E-state index contributed by atoms with van der Waals surface area (Å²) in [6.07, 6.45) is 1.05. The van der Waals surface area contributed by atoms with Crippen LogP contribution in [0.4, 0.5) is 0 Å². The smallest absolute Gasteiger partial charge is 0.410 e. The van der Waals surface area contributed by atoms with Crippen LogP contribution in [-0.2, 0) is 18.1 Å². The minimum absolute atomic E-state index is 0.103. The van der Waals surface area contributed by atoms with Crippen LogP contribution in [0.15, 0.2) is 0 Å². The van der Waals surface area contributed by atoms with Gasteiger partial charge in [0.25, 0.3) is 0 Å². The molecular formula is C9H19AlO4. The molecule has 5 heteroatoms. The van der Waals surface area contributed by atoms with Crippen molar-refractivity contribution in [3.63, 3.8) is 0 Å². The lowest BCUT2D eigenvalue weighted by Gasteiger charge is -1.96. The molecule has 0 aromatic heterocycles. The quantitative estimate of drug-likeness (QED) is 0.383. The van der Waals surface area contributed by atoms with Gasteiger partial charge >= 0.3 is 22.6 Å². The van der Waals surface area contributed by atoms with E-state index in [1.54, 1.807) is 6.92 Å². The molecule has 0 saturated heterocycles. The zero-order valence-corrected chi connectivity index (χ0v) is 11.5. The monoisotopic (exact) mass is 218 g/mol. The molecule has 0 aromatic carbocycles. The van der Waals surface area contributed by atoms with Crippen LogP contribution in [0.5, 0.6) is 0 Å². The Labute approximate surface area is 93.7 Å². The summed E-state index contributed by atoms with van der Waals surface area (Å²) in [5.74, 6) is -0.599. The van der Waals surface area contributed by atoms with E-state index in [2.05, 4.69) is 11.7 Å². The van der Waals surface area contributed by atoms with Crippen molar-refractivity contribution in [3.05, 3.63) is 0 Å². The molecule has 0 unspecified atom stereocenters. The molecule has 0 atom stereocenters. The number of ether oxygens (including phenoxy) is 1. The Kier molecular flexibility index (Phi) is 14.5. The number of Topliss-reactive ketones (excluding diaryl/α,β-unsaturated/α-hetero) is 1. The van der Waals surface area contributed by atoms with Crippen LogP contribution in [0.3, 0.4) is 0 Å². The van der Waals surface area contributed by atoms with Gasteiger partial charge in [-0.05, 0) is 20.3 Å². The summed E-state index contributed by atoms with van der Waals surface area (Å²) in [4.78, 5) is 20.6. The number of ketones is 1. The number of rotatable bonds is 5. The number of esters is 1. The fraction of sp³-hybridized carbons (Fsp3) is 0.778. The average Bonchev–Trinajstić information content (AvgIpc) is 2.05. The predicted molar refractivity (Wildman–Crippen MR) is 56.7 cm³/mol. The van der Waals surface area contributed by atoms with Gasteiger partial charge in [0.2, 0.25) is 0 Å². The first-order chi connectivity index (χ1) is 6.58. The van der Waals surface area contributed by atoms with Gasteiger partial charge in [0.15, 0.2) is 0 Å². The third kappa shape index (κ3) is 17.6. The summed E-state index contributed by atoms with van der Waals surface area (Å²) >= 11 is 0.899. The predicted octanol–water partition coefficient (Wildman–Crippen LogP) is 0.490. The minimum Gasteiger partial charge on any atom is -0.506 e. The molecule has 0 fully saturated rings. The second-order valence-corrected chi connectivity index (χ2v) is 3.25. The molecule has 0 aliphatic rings. The van der Waals surface area contributed by atoms with Crippen molar-refractivity contribution in [2.75, 3.05) is 13.2 Å². The summed E-state index contributed by atoms with van der Waals surface area (Å²) in [7, 11) is 0. The van der Waals surface area contributed by atoms with E-state index >= 15 is 0 Å². The van der Waals surface area contributed by atoms with E-state index in [0.717, 1.165) is 29.7 Å². The van der Waals surface area contributed by atoms with Crippen LogP contribution in [0.25, 0.3) is 0 Å². The molecule has 0 radical (unpaired) electrons. The van der Waals surface area contributed by atoms with Crippen molar-refractivity contribution in [2.45, 2.75) is 33.6 Å². The van der Waals surface area contributed by atoms with Crippen LogP contribution >= 0.6 is 0 Å². The summed E-state index contributed by atoms with van der Waals surface area (Å²) in [5, 5.41) is 0. The van der Waals surface area contributed by atoms with Crippen molar-refractivity contribution in [3.8, 4) is 0 Å². The van der Waals surface area contributed by atoms with Crippen LogP contribution in [0.2, 0.25) is 0 Å². The van der Waals surface area contributed by atoms with Crippen molar-refractivity contribution >= 4 is 28.4 Å². The van der Waals surface area contributed by atoms with Gasteiger partial charge in [-0.2, -0.15) is 0 Å². The topological polar surface area (TPSA) is 52.6 Å². The number of hydrogen-bond acceptors (Lipinski definition) is 4. The van der Waals surface area contributed by atoms with Gasteiger partial charge in [0, 0.05) is 6.61 Å². The first kappa shape index (κ1) is 16.1. The zero-order chi connectivity index (χ0) is 11.4. The lowest BCUT2D eigenvalue weighted by Crippen LogP contribution is -2.07. The first-order valence-corrected chi connectivity index (χ1v) is 5.54. The van der Waals surface area contributed by atoms with Gasteiger partial charge < -0.3 is 8.53 Å². The van der Waals surface area contributed by atoms with E-state index in [1.807, 2.05) is 0 Å². The largest absolute Gasteiger partial charge is 0.506 e. The normalized spacial score (nSPS) is 8.50. The second-order valence-electron chi connectivity index (χ2n) is 2.68. The fourth-order valence-corrected chi connectivity index (χ4v) is 1.03. The van der Waals surface area contributed by atoms with Gasteiger partial charge in [-0.1, -0.05) is 6.92 Å². The molecule has 0 N–H and O–H groups in total. The molecule has 82 valence electrons. The molecule has 0 amide bonds. The van der Waals surface area contributed by atoms with Crippen molar-refractivity contribution < 1.29 is 18.1 Å². The standard InChI is InChI=1S/C6H10O3.C3H7O.Al.2H/c1-3-9-6(8)4-5(2)7;1-2-3-4;;;/h3-4H2,1-2H3;2-3H2,1H3;;;/q;-1;+1;;. The highest BCUT2D eigenvalue weighted by molar-refractivity contribution is 5.97. The summed E-state index contributed by atoms with van der Waals surface area (Å²) in [5.41, 5.74) is 0. The van der Waals surface area contributed by atoms with Crippen LogP contribution in [0.1, 0.15) is 33.6 Å². The van der Waals surface area contributed by atoms with E-state index in [1.165, 1.54) is 6.92 Å². The number of carbonyl (C=O) groups is 2. The van der Waals surface area contributed by atoms with E-state index < -0.39 is 5.97 Å². The zero-order valence-electron chi connectivity index (χ0n) is 9.46. The second kappa shape index (κ2) is 12.6. The summed E-state index contributed by atoms with van der Waals surface area (Å²) in [6.45, 7) is 6.46. The molecule has 0 aliphatic heterocycles. The molecule has 0 bridgehead atoms. The van der Waals surface area contributed by atoms with Crippen molar-refractivity contribution in [1.82, 2.24) is 0 Å². The van der Waals surface area contributed by atoms with E-state index in [9.17, 15) is 9.59 Å². The third-order valence-electron chi connectivity index (χ3n) is 1.11. The van der Waals surface area contributed by atoms with Crippen LogP contribution in [-0.4, -0.2) is 41.6 Å². The molecule has 14 heavy (non-hydrogen) atoms. The average molecular weight is 218 g/mol. The Morgan fingerprint density at radius 2 is 1.86 bits per heavy atom. The highest BCUT2D eigenvalue weighted by Gasteiger charge is 2.03. The molecule has 0 saturated carbocycles. The number of hydrogen-bond donors (Lipinski definition) is 0. The third-order valence-corrected chi connectivity index (χ3v) is 1.52. The van der Waals surface area contributed by atoms with Gasteiger partial charge in [-0.25, -0.2) is 0 Å². The first-order valence-electron chi connectivity index (χ1n) is 4.72. The van der Waals surface area contributed by atoms with Gasteiger partial charge in [-0.15, -0.1) is 0 Å². The van der Waals surface area contributed by atoms with E-state index in [4.69, 9.17) is 3.79 Å². The molecule has 0 rings (SSSR count).